The molecule has 1 fully saturated rings. The van der Waals surface area contributed by atoms with E-state index in [1.807, 2.05) is 0 Å². The summed E-state index contributed by atoms with van der Waals surface area (Å²) in [5.74, 6) is -4.83. The van der Waals surface area contributed by atoms with Gasteiger partial charge in [-0.3, -0.25) is 13.9 Å². The number of aliphatic hydroxyl groups is 2. The second kappa shape index (κ2) is 12.0. The number of carbonyl (C=O) groups excluding carboxylic acids is 1. The number of benzene rings is 1. The number of hydrogen-bond acceptors (Lipinski definition) is 10. The third-order valence-corrected chi connectivity index (χ3v) is 8.19. The number of para-hydroxylation sites is 1. The predicted octanol–water partition coefficient (Wildman–Crippen LogP) is 4.41. The number of esters is 1. The highest BCUT2D eigenvalue weighted by Gasteiger charge is 2.66. The molecular weight excluding hydrogens is 565 g/mol. The van der Waals surface area contributed by atoms with Crippen molar-refractivity contribution in [3.05, 3.63) is 52.0 Å². The number of nitrogens with one attached hydrogen (secondary N) is 1. The van der Waals surface area contributed by atoms with E-state index >= 15 is 4.39 Å². The highest BCUT2D eigenvalue weighted by atomic mass is 32.1. The summed E-state index contributed by atoms with van der Waals surface area (Å²) in [4.78, 5) is 14.9. The van der Waals surface area contributed by atoms with Crippen molar-refractivity contribution in [3.63, 3.8) is 0 Å². The summed E-state index contributed by atoms with van der Waals surface area (Å²) >= 11 is 10.1. The van der Waals surface area contributed by atoms with Gasteiger partial charge < -0.3 is 29.2 Å². The van der Waals surface area contributed by atoms with Gasteiger partial charge in [0.05, 0.1) is 18.2 Å². The molecule has 0 saturated carbocycles. The van der Waals surface area contributed by atoms with Crippen molar-refractivity contribution < 1.29 is 46.9 Å². The molecule has 10 nitrogen and oxygen atoms in total. The van der Waals surface area contributed by atoms with Crippen LogP contribution in [0.25, 0.3) is 0 Å². The zero-order valence-electron chi connectivity index (χ0n) is 20.8. The molecule has 0 aliphatic carbocycles. The Bertz CT molecular complexity index is 1300. The molecule has 2 heterocycles. The molecule has 0 radical (unpaired) electrons. The third-order valence-electron chi connectivity index (χ3n) is 5.63. The standard InChI is InChI=1S/C23H29F2N2O8PS2/c1-14(2)33-18(28)15(3)11-36(31,35-16-7-5-4-6-8-16)32-13-23(25)19(29)22(30,12-24)20(34-23)27-10-9-17(37)26-21(27)38/h4-10,14-15,19-20,29-30H,11-13H2,1-3H3,(H,26,37,38)/t15-,19-,20-,22?,23-,36?/m1/s1. The van der Waals surface area contributed by atoms with Crippen molar-refractivity contribution in [1.82, 2.24) is 9.55 Å². The van der Waals surface area contributed by atoms with E-state index in [1.165, 1.54) is 31.3 Å². The Morgan fingerprint density at radius 2 is 1.92 bits per heavy atom. The van der Waals surface area contributed by atoms with Crippen molar-refractivity contribution in [3.8, 4) is 5.75 Å². The summed E-state index contributed by atoms with van der Waals surface area (Å²) in [6, 6.07) is 9.15. The minimum absolute atomic E-state index is 0.102. The molecule has 0 amide bonds. The number of rotatable bonds is 11. The molecule has 1 saturated heterocycles. The fourth-order valence-electron chi connectivity index (χ4n) is 3.73. The molecule has 2 unspecified atom stereocenters. The van der Waals surface area contributed by atoms with Crippen LogP contribution in [0.15, 0.2) is 42.6 Å². The van der Waals surface area contributed by atoms with E-state index in [0.29, 0.717) is 0 Å². The topological polar surface area (TPSA) is 132 Å². The van der Waals surface area contributed by atoms with Crippen LogP contribution in [-0.2, 0) is 23.4 Å². The summed E-state index contributed by atoms with van der Waals surface area (Å²) in [7, 11) is -4.33. The summed E-state index contributed by atoms with van der Waals surface area (Å²) in [5.41, 5.74) is -2.80. The Balaban J connectivity index is 1.89. The minimum Gasteiger partial charge on any atom is -0.463 e. The Morgan fingerprint density at radius 3 is 2.50 bits per heavy atom. The fraction of sp³-hybridized carbons (Fsp3) is 0.522. The molecule has 3 rings (SSSR count). The molecule has 15 heteroatoms. The molecule has 0 spiro atoms. The number of H-pyrrole nitrogens is 1. The van der Waals surface area contributed by atoms with Crippen LogP contribution in [0, 0.1) is 15.3 Å². The number of alkyl halides is 2. The van der Waals surface area contributed by atoms with E-state index in [1.54, 1.807) is 32.0 Å². The lowest BCUT2D eigenvalue weighted by molar-refractivity contribution is -0.203. The number of aliphatic hydroxyl groups excluding tert-OH is 1. The van der Waals surface area contributed by atoms with E-state index in [4.69, 9.17) is 43.0 Å². The van der Waals surface area contributed by atoms with Gasteiger partial charge in [0.25, 0.3) is 5.85 Å². The number of aromatic amines is 1. The first-order valence-electron chi connectivity index (χ1n) is 11.6. The maximum atomic E-state index is 16.0. The molecule has 1 aromatic heterocycles. The van der Waals surface area contributed by atoms with Gasteiger partial charge in [-0.2, -0.15) is 0 Å². The normalized spacial score (nSPS) is 27.6. The molecule has 3 N–H and O–H groups in total. The van der Waals surface area contributed by atoms with Crippen LogP contribution in [0.3, 0.4) is 0 Å². The number of aromatic nitrogens is 2. The number of halogens is 2. The number of carbonyl (C=O) groups is 1. The van der Waals surface area contributed by atoms with E-state index in [9.17, 15) is 24.0 Å². The highest BCUT2D eigenvalue weighted by molar-refractivity contribution is 7.72. The first-order chi connectivity index (χ1) is 17.7. The summed E-state index contributed by atoms with van der Waals surface area (Å²) in [6.45, 7) is 1.83. The van der Waals surface area contributed by atoms with Gasteiger partial charge in [-0.15, -0.1) is 0 Å². The molecule has 210 valence electrons. The van der Waals surface area contributed by atoms with Gasteiger partial charge in [0.1, 0.15) is 23.7 Å². The molecule has 2 aromatic rings. The van der Waals surface area contributed by atoms with Gasteiger partial charge in [0.15, 0.2) is 22.7 Å². The molecule has 1 aliphatic rings. The fourth-order valence-corrected chi connectivity index (χ4v) is 6.08. The number of ether oxygens (including phenoxy) is 2. The average molecular weight is 595 g/mol. The lowest BCUT2D eigenvalue weighted by Gasteiger charge is -2.29. The second-order valence-corrected chi connectivity index (χ2v) is 12.0. The summed E-state index contributed by atoms with van der Waals surface area (Å²) < 4.78 is 66.1. The number of hydrogen-bond donors (Lipinski definition) is 3. The van der Waals surface area contributed by atoms with Crippen molar-refractivity contribution in [2.24, 2.45) is 5.92 Å². The lowest BCUT2D eigenvalue weighted by Crippen LogP contribution is -2.52. The first kappa shape index (κ1) is 30.5. The zero-order valence-corrected chi connectivity index (χ0v) is 23.3. The predicted molar refractivity (Wildman–Crippen MR) is 137 cm³/mol. The Labute approximate surface area is 228 Å². The smallest absolute Gasteiger partial charge is 0.380 e. The van der Waals surface area contributed by atoms with Gasteiger partial charge in [-0.1, -0.05) is 37.3 Å². The van der Waals surface area contributed by atoms with Crippen molar-refractivity contribution >= 4 is 38.0 Å². The highest BCUT2D eigenvalue weighted by Crippen LogP contribution is 2.53. The van der Waals surface area contributed by atoms with Crippen LogP contribution >= 0.6 is 32.0 Å². The van der Waals surface area contributed by atoms with Crippen LogP contribution in [0.1, 0.15) is 27.0 Å². The minimum atomic E-state index is -4.33. The quantitative estimate of drug-likeness (QED) is 0.195. The maximum Gasteiger partial charge on any atom is 0.380 e. The SMILES string of the molecule is CC(C)OC(=O)[C@H](C)CP(=O)(OC[C@@]1(F)O[C@@H](n2ccc(=S)[nH]c2=S)C(O)(CF)[C@H]1O)Oc1ccccc1. The largest absolute Gasteiger partial charge is 0.463 e. The van der Waals surface area contributed by atoms with Crippen molar-refractivity contribution in [1.29, 1.82) is 0 Å². The average Bonchev–Trinajstić information content (AvgIpc) is 3.05. The van der Waals surface area contributed by atoms with Gasteiger partial charge >= 0.3 is 13.6 Å². The molecular formula is C23H29F2N2O8PS2. The summed E-state index contributed by atoms with van der Waals surface area (Å²) in [5, 5.41) is 21.5. The maximum absolute atomic E-state index is 16.0. The van der Waals surface area contributed by atoms with Crippen LogP contribution in [0.5, 0.6) is 5.75 Å². The zero-order chi connectivity index (χ0) is 28.3. The summed E-state index contributed by atoms with van der Waals surface area (Å²) in [6.07, 6.45) is -4.06. The van der Waals surface area contributed by atoms with Crippen LogP contribution in [0.4, 0.5) is 8.78 Å². The van der Waals surface area contributed by atoms with Crippen LogP contribution < -0.4 is 4.52 Å². The lowest BCUT2D eigenvalue weighted by atomic mass is 9.94. The molecule has 0 bridgehead atoms. The molecule has 1 aromatic carbocycles. The first-order valence-corrected chi connectivity index (χ1v) is 14.1. The van der Waals surface area contributed by atoms with Crippen molar-refractivity contribution in [2.75, 3.05) is 19.4 Å². The van der Waals surface area contributed by atoms with Crippen LogP contribution in [-0.4, -0.2) is 68.8 Å². The van der Waals surface area contributed by atoms with Gasteiger partial charge in [-0.25, -0.2) is 13.3 Å². The number of nitrogens with zero attached hydrogens (tertiary/aromatic N) is 1. The van der Waals surface area contributed by atoms with E-state index < -0.39 is 68.8 Å². The van der Waals surface area contributed by atoms with E-state index in [-0.39, 0.29) is 15.2 Å². The Kier molecular flexibility index (Phi) is 9.62. The second-order valence-electron chi connectivity index (χ2n) is 9.16. The molecule has 6 atom stereocenters. The van der Waals surface area contributed by atoms with E-state index in [0.717, 1.165) is 4.57 Å². The van der Waals surface area contributed by atoms with Gasteiger partial charge in [0.2, 0.25) is 0 Å². The van der Waals surface area contributed by atoms with Crippen molar-refractivity contribution in [2.45, 2.75) is 50.7 Å². The molecule has 1 aliphatic heterocycles. The van der Waals surface area contributed by atoms with Crippen LogP contribution in [0.2, 0.25) is 0 Å². The van der Waals surface area contributed by atoms with Gasteiger partial charge in [-0.05, 0) is 44.3 Å². The monoisotopic (exact) mass is 594 g/mol. The van der Waals surface area contributed by atoms with E-state index in [2.05, 4.69) is 4.98 Å². The Morgan fingerprint density at radius 1 is 1.26 bits per heavy atom. The Hall–Kier alpha value is -2.06. The third kappa shape index (κ3) is 6.74. The molecule has 38 heavy (non-hydrogen) atoms. The van der Waals surface area contributed by atoms with Gasteiger partial charge in [0, 0.05) is 6.20 Å².